The number of rotatable bonds is 6. The minimum atomic E-state index is -3.75. The van der Waals surface area contributed by atoms with Crippen LogP contribution < -0.4 is 8.92 Å². The van der Waals surface area contributed by atoms with Gasteiger partial charge in [0.2, 0.25) is 0 Å². The third-order valence-electron chi connectivity index (χ3n) is 6.58. The summed E-state index contributed by atoms with van der Waals surface area (Å²) in [6.45, 7) is 4.91. The number of nitrogens with zero attached hydrogens (tertiary/aromatic N) is 1. The van der Waals surface area contributed by atoms with Crippen molar-refractivity contribution in [3.63, 3.8) is 0 Å². The number of likely N-dealkylation sites (tertiary alicyclic amines) is 1. The van der Waals surface area contributed by atoms with Crippen LogP contribution in [0.25, 0.3) is 0 Å². The summed E-state index contributed by atoms with van der Waals surface area (Å²) in [6, 6.07) is 24.9. The summed E-state index contributed by atoms with van der Waals surface area (Å²) >= 11 is 0. The lowest BCUT2D eigenvalue weighted by atomic mass is 9.74. The SMILES string of the molecule is CC12CCN(Cc3ccccc3)CC1Oc1ccc(OS(=O)(=O)Cc3ccccc3)cc12. The van der Waals surface area contributed by atoms with Crippen LogP contribution in [-0.4, -0.2) is 32.5 Å². The van der Waals surface area contributed by atoms with E-state index in [0.717, 1.165) is 37.4 Å². The van der Waals surface area contributed by atoms with Crippen LogP contribution in [-0.2, 0) is 27.8 Å². The molecule has 0 bridgehead atoms. The smallest absolute Gasteiger partial charge is 0.313 e. The van der Waals surface area contributed by atoms with Gasteiger partial charge in [-0.25, -0.2) is 0 Å². The highest BCUT2D eigenvalue weighted by molar-refractivity contribution is 7.86. The van der Waals surface area contributed by atoms with Crippen LogP contribution in [0.3, 0.4) is 0 Å². The molecule has 1 saturated heterocycles. The molecule has 3 aromatic carbocycles. The van der Waals surface area contributed by atoms with Crippen molar-refractivity contribution in [2.24, 2.45) is 0 Å². The Labute approximate surface area is 189 Å². The monoisotopic (exact) mass is 449 g/mol. The van der Waals surface area contributed by atoms with Crippen molar-refractivity contribution in [3.05, 3.63) is 95.6 Å². The van der Waals surface area contributed by atoms with Gasteiger partial charge in [0.1, 0.15) is 23.4 Å². The highest BCUT2D eigenvalue weighted by Crippen LogP contribution is 2.48. The van der Waals surface area contributed by atoms with Gasteiger partial charge in [0.25, 0.3) is 0 Å². The van der Waals surface area contributed by atoms with Gasteiger partial charge in [-0.2, -0.15) is 8.42 Å². The maximum absolute atomic E-state index is 12.6. The van der Waals surface area contributed by atoms with E-state index in [2.05, 4.69) is 36.1 Å². The lowest BCUT2D eigenvalue weighted by Gasteiger charge is -2.40. The maximum atomic E-state index is 12.6. The molecule has 0 aliphatic carbocycles. The number of fused-ring (bicyclic) bond motifs is 3. The second kappa shape index (κ2) is 8.26. The van der Waals surface area contributed by atoms with Crippen molar-refractivity contribution in [1.82, 2.24) is 4.90 Å². The molecule has 0 aromatic heterocycles. The molecule has 2 aliphatic rings. The average molecular weight is 450 g/mol. The fourth-order valence-electron chi connectivity index (χ4n) is 4.76. The quantitative estimate of drug-likeness (QED) is 0.518. The predicted molar refractivity (Wildman–Crippen MR) is 124 cm³/mol. The van der Waals surface area contributed by atoms with Crippen LogP contribution >= 0.6 is 0 Å². The number of benzene rings is 3. The largest absolute Gasteiger partial charge is 0.488 e. The second-order valence-electron chi connectivity index (χ2n) is 8.92. The van der Waals surface area contributed by atoms with Gasteiger partial charge in [0.05, 0.1) is 0 Å². The minimum absolute atomic E-state index is 0.0335. The average Bonchev–Trinajstić information content (AvgIpc) is 3.06. The molecule has 2 aliphatic heterocycles. The molecule has 166 valence electrons. The molecule has 1 fully saturated rings. The zero-order chi connectivity index (χ0) is 22.2. The molecule has 2 unspecified atom stereocenters. The van der Waals surface area contributed by atoms with Crippen LogP contribution in [0.1, 0.15) is 30.0 Å². The zero-order valence-corrected chi connectivity index (χ0v) is 18.9. The van der Waals surface area contributed by atoms with Crippen molar-refractivity contribution in [1.29, 1.82) is 0 Å². The minimum Gasteiger partial charge on any atom is -0.488 e. The summed E-state index contributed by atoms with van der Waals surface area (Å²) in [5, 5.41) is 0. The van der Waals surface area contributed by atoms with Gasteiger partial charge in [0, 0.05) is 24.1 Å². The van der Waals surface area contributed by atoms with Crippen molar-refractivity contribution in [2.45, 2.75) is 37.2 Å². The van der Waals surface area contributed by atoms with Crippen molar-refractivity contribution < 1.29 is 17.3 Å². The fraction of sp³-hybridized carbons (Fsp3) is 0.308. The van der Waals surface area contributed by atoms with Crippen LogP contribution in [0, 0.1) is 0 Å². The molecule has 5 nitrogen and oxygen atoms in total. The first-order valence-corrected chi connectivity index (χ1v) is 12.5. The number of piperidine rings is 1. The Hall–Kier alpha value is -2.83. The van der Waals surface area contributed by atoms with Gasteiger partial charge in [-0.1, -0.05) is 67.6 Å². The van der Waals surface area contributed by atoms with Gasteiger partial charge >= 0.3 is 10.1 Å². The highest BCUT2D eigenvalue weighted by Gasteiger charge is 2.48. The summed E-state index contributed by atoms with van der Waals surface area (Å²) in [4.78, 5) is 2.43. The fourth-order valence-corrected chi connectivity index (χ4v) is 5.81. The molecule has 0 radical (unpaired) electrons. The van der Waals surface area contributed by atoms with E-state index in [1.807, 2.05) is 36.4 Å². The van der Waals surface area contributed by atoms with Crippen LogP contribution in [0.2, 0.25) is 0 Å². The molecule has 0 spiro atoms. The van der Waals surface area contributed by atoms with E-state index in [1.54, 1.807) is 18.2 Å². The van der Waals surface area contributed by atoms with Crippen LogP contribution in [0.5, 0.6) is 11.5 Å². The number of hydrogen-bond donors (Lipinski definition) is 0. The van der Waals surface area contributed by atoms with Crippen molar-refractivity contribution in [3.8, 4) is 11.5 Å². The molecule has 2 atom stereocenters. The van der Waals surface area contributed by atoms with Gasteiger partial charge in [-0.3, -0.25) is 4.90 Å². The third kappa shape index (κ3) is 4.25. The summed E-state index contributed by atoms with van der Waals surface area (Å²) in [7, 11) is -3.75. The molecule has 0 amide bonds. The number of ether oxygens (including phenoxy) is 1. The first-order valence-electron chi connectivity index (χ1n) is 10.9. The molecule has 32 heavy (non-hydrogen) atoms. The Kier molecular flexibility index (Phi) is 5.43. The van der Waals surface area contributed by atoms with E-state index >= 15 is 0 Å². The summed E-state index contributed by atoms with van der Waals surface area (Å²) in [6.07, 6.45) is 0.976. The Morgan fingerprint density at radius 1 is 1.00 bits per heavy atom. The molecule has 6 heteroatoms. The Bertz CT molecular complexity index is 1200. The van der Waals surface area contributed by atoms with Crippen LogP contribution in [0.4, 0.5) is 0 Å². The first kappa shape index (κ1) is 21.0. The third-order valence-corrected chi connectivity index (χ3v) is 7.71. The Morgan fingerprint density at radius 3 is 2.41 bits per heavy atom. The summed E-state index contributed by atoms with van der Waals surface area (Å²) in [5.41, 5.74) is 2.88. The van der Waals surface area contributed by atoms with E-state index in [4.69, 9.17) is 8.92 Å². The first-order chi connectivity index (χ1) is 15.4. The lowest BCUT2D eigenvalue weighted by molar-refractivity contribution is 0.0470. The number of hydrogen-bond acceptors (Lipinski definition) is 5. The molecule has 0 saturated carbocycles. The summed E-state index contributed by atoms with van der Waals surface area (Å²) < 4.78 is 37.0. The molecule has 2 heterocycles. The Balaban J connectivity index is 1.31. The molecule has 3 aromatic rings. The van der Waals surface area contributed by atoms with E-state index in [1.165, 1.54) is 5.56 Å². The van der Waals surface area contributed by atoms with E-state index in [-0.39, 0.29) is 17.3 Å². The molecular weight excluding hydrogens is 422 g/mol. The topological polar surface area (TPSA) is 55.8 Å². The normalized spacial score (nSPS) is 22.6. The van der Waals surface area contributed by atoms with E-state index in [9.17, 15) is 8.42 Å². The molecule has 0 N–H and O–H groups in total. The van der Waals surface area contributed by atoms with E-state index in [0.29, 0.717) is 11.3 Å². The zero-order valence-electron chi connectivity index (χ0n) is 18.1. The second-order valence-corrected chi connectivity index (χ2v) is 10.5. The molecule has 5 rings (SSSR count). The van der Waals surface area contributed by atoms with Crippen molar-refractivity contribution in [2.75, 3.05) is 13.1 Å². The van der Waals surface area contributed by atoms with Gasteiger partial charge in [-0.15, -0.1) is 0 Å². The van der Waals surface area contributed by atoms with Crippen LogP contribution in [0.15, 0.2) is 78.9 Å². The Morgan fingerprint density at radius 2 is 1.69 bits per heavy atom. The van der Waals surface area contributed by atoms with Gasteiger partial charge in [0.15, 0.2) is 0 Å². The van der Waals surface area contributed by atoms with E-state index < -0.39 is 10.1 Å². The highest BCUT2D eigenvalue weighted by atomic mass is 32.2. The van der Waals surface area contributed by atoms with Gasteiger partial charge < -0.3 is 8.92 Å². The summed E-state index contributed by atoms with van der Waals surface area (Å²) in [5.74, 6) is 1.01. The van der Waals surface area contributed by atoms with Crippen molar-refractivity contribution >= 4 is 10.1 Å². The lowest BCUT2D eigenvalue weighted by Crippen LogP contribution is -2.51. The standard InChI is InChI=1S/C26H27NO4S/c1-26-14-15-27(17-20-8-4-2-5-9-20)18-25(26)30-24-13-12-22(16-23(24)26)31-32(28,29)19-21-10-6-3-7-11-21/h2-13,16,25H,14-15,17-19H2,1H3. The predicted octanol–water partition coefficient (Wildman–Crippen LogP) is 4.52. The van der Waals surface area contributed by atoms with Gasteiger partial charge in [-0.05, 0) is 42.3 Å². The maximum Gasteiger partial charge on any atom is 0.313 e. The molecular formula is C26H27NO4S.